The van der Waals surface area contributed by atoms with Crippen molar-refractivity contribution in [1.82, 2.24) is 14.8 Å². The molecular weight excluding hydrogens is 723 g/mol. The van der Waals surface area contributed by atoms with Gasteiger partial charge in [-0.15, -0.1) is 0 Å². The summed E-state index contributed by atoms with van der Waals surface area (Å²) in [4.78, 5) is 43.6. The van der Waals surface area contributed by atoms with E-state index in [1.165, 1.54) is 12.3 Å². The van der Waals surface area contributed by atoms with Crippen LogP contribution >= 0.6 is 22.6 Å². The molecule has 0 radical (unpaired) electrons. The third-order valence-corrected chi connectivity index (χ3v) is 8.74. The number of rotatable bonds is 14. The van der Waals surface area contributed by atoms with E-state index in [0.29, 0.717) is 40.0 Å². The standard InChI is InChI=1S/C36H37IN6O5/c1-4-7-29(37)31-21-33(43(42-31)25-12-10-23(2)11-13-25)41-36(46)39-30-15-14-28(26-8-5-6-9-27(26)30)35(45)24-16-17-38-32(20-24)40-34(44)22-48-19-18-47-3/h5-6,8-17,20-21,29H,4,7,18-19,22H2,1-3H3,(H,38,40,44)(H2,39,41,46). The zero-order chi connectivity index (χ0) is 34.0. The third-order valence-electron chi connectivity index (χ3n) is 7.48. The number of ketones is 1. The molecule has 2 heterocycles. The minimum atomic E-state index is -0.444. The molecule has 248 valence electrons. The van der Waals surface area contributed by atoms with Crippen molar-refractivity contribution in [3.8, 4) is 5.69 Å². The van der Waals surface area contributed by atoms with E-state index in [-0.39, 0.29) is 28.7 Å². The van der Waals surface area contributed by atoms with Crippen LogP contribution in [0, 0.1) is 6.92 Å². The Kier molecular flexibility index (Phi) is 11.9. The monoisotopic (exact) mass is 760 g/mol. The van der Waals surface area contributed by atoms with Gasteiger partial charge in [0.2, 0.25) is 0 Å². The Morgan fingerprint density at radius 2 is 1.69 bits per heavy atom. The highest BCUT2D eigenvalue weighted by Gasteiger charge is 2.19. The molecule has 11 nitrogen and oxygen atoms in total. The second-order valence-electron chi connectivity index (χ2n) is 11.1. The summed E-state index contributed by atoms with van der Waals surface area (Å²) in [5.41, 5.74) is 4.17. The van der Waals surface area contributed by atoms with Gasteiger partial charge in [-0.05, 0) is 55.1 Å². The fraction of sp³-hybridized carbons (Fsp3) is 0.250. The number of nitrogens with zero attached hydrogens (tertiary/aromatic N) is 3. The largest absolute Gasteiger partial charge is 0.382 e. The van der Waals surface area contributed by atoms with Crippen LogP contribution in [0.5, 0.6) is 0 Å². The Labute approximate surface area is 292 Å². The number of aromatic nitrogens is 3. The van der Waals surface area contributed by atoms with Gasteiger partial charge < -0.3 is 20.1 Å². The number of pyridine rings is 1. The number of carbonyl (C=O) groups is 3. The molecule has 12 heteroatoms. The molecule has 3 aromatic carbocycles. The number of halogens is 1. The van der Waals surface area contributed by atoms with Crippen LogP contribution in [0.4, 0.5) is 22.1 Å². The number of hydrogen-bond acceptors (Lipinski definition) is 7. The fourth-order valence-corrected chi connectivity index (χ4v) is 6.01. The predicted octanol–water partition coefficient (Wildman–Crippen LogP) is 7.48. The van der Waals surface area contributed by atoms with E-state index in [2.05, 4.69) is 50.4 Å². The molecule has 3 N–H and O–H groups in total. The highest BCUT2D eigenvalue weighted by molar-refractivity contribution is 14.1. The Morgan fingerprint density at radius 1 is 0.917 bits per heavy atom. The maximum absolute atomic E-state index is 13.7. The molecule has 3 amide bonds. The molecule has 0 bridgehead atoms. The van der Waals surface area contributed by atoms with Gasteiger partial charge in [-0.3, -0.25) is 14.9 Å². The lowest BCUT2D eigenvalue weighted by atomic mass is 9.96. The molecule has 0 saturated heterocycles. The van der Waals surface area contributed by atoms with Crippen molar-refractivity contribution in [2.24, 2.45) is 0 Å². The Balaban J connectivity index is 1.35. The maximum atomic E-state index is 13.7. The Bertz CT molecular complexity index is 1910. The first kappa shape index (κ1) is 34.7. The first-order valence-electron chi connectivity index (χ1n) is 15.6. The van der Waals surface area contributed by atoms with Crippen molar-refractivity contribution in [2.45, 2.75) is 30.6 Å². The second-order valence-corrected chi connectivity index (χ2v) is 12.6. The van der Waals surface area contributed by atoms with Crippen LogP contribution in [-0.4, -0.2) is 59.4 Å². The van der Waals surface area contributed by atoms with Crippen molar-refractivity contribution in [2.75, 3.05) is 42.9 Å². The molecule has 5 rings (SSSR count). The van der Waals surface area contributed by atoms with E-state index in [1.807, 2.05) is 61.5 Å². The summed E-state index contributed by atoms with van der Waals surface area (Å²) in [5, 5.41) is 14.8. The number of carbonyl (C=O) groups excluding carboxylic acids is 3. The third kappa shape index (κ3) is 8.62. The number of aryl methyl sites for hydroxylation is 1. The lowest BCUT2D eigenvalue weighted by Crippen LogP contribution is -2.21. The molecule has 5 aromatic rings. The number of nitrogens with one attached hydrogen (secondary N) is 3. The summed E-state index contributed by atoms with van der Waals surface area (Å²) in [6.45, 7) is 4.65. The average Bonchev–Trinajstić information content (AvgIpc) is 3.50. The van der Waals surface area contributed by atoms with Gasteiger partial charge in [0.25, 0.3) is 5.91 Å². The normalized spacial score (nSPS) is 11.7. The number of alkyl halides is 1. The molecule has 0 fully saturated rings. The number of methoxy groups -OCH3 is 1. The van der Waals surface area contributed by atoms with Crippen molar-refractivity contribution < 1.29 is 23.9 Å². The SMILES string of the molecule is CCCC(I)c1cc(NC(=O)Nc2ccc(C(=O)c3ccnc(NC(=O)COCCOC)c3)c3ccccc23)n(-c2ccc(C)cc2)n1. The van der Waals surface area contributed by atoms with Crippen LogP contribution in [0.2, 0.25) is 0 Å². The van der Waals surface area contributed by atoms with Crippen LogP contribution in [-0.2, 0) is 14.3 Å². The van der Waals surface area contributed by atoms with E-state index < -0.39 is 11.9 Å². The quantitative estimate of drug-likeness (QED) is 0.0462. The topological polar surface area (TPSA) is 136 Å². The van der Waals surface area contributed by atoms with Crippen LogP contribution < -0.4 is 16.0 Å². The zero-order valence-corrected chi connectivity index (χ0v) is 29.1. The summed E-state index contributed by atoms with van der Waals surface area (Å²) in [6, 6.07) is 23.3. The number of amides is 3. The average molecular weight is 761 g/mol. The van der Waals surface area contributed by atoms with Crippen LogP contribution in [0.3, 0.4) is 0 Å². The second kappa shape index (κ2) is 16.4. The number of fused-ring (bicyclic) bond motifs is 1. The van der Waals surface area contributed by atoms with Crippen molar-refractivity contribution >= 4 is 68.4 Å². The van der Waals surface area contributed by atoms with Gasteiger partial charge in [0.1, 0.15) is 18.2 Å². The summed E-state index contributed by atoms with van der Waals surface area (Å²) >= 11 is 2.39. The zero-order valence-electron chi connectivity index (χ0n) is 27.0. The minimum Gasteiger partial charge on any atom is -0.382 e. The number of hydrogen-bond donors (Lipinski definition) is 3. The minimum absolute atomic E-state index is 0.164. The number of benzene rings is 3. The number of urea groups is 1. The van der Waals surface area contributed by atoms with Crippen molar-refractivity contribution in [3.05, 3.63) is 107 Å². The molecule has 1 atom stereocenters. The first-order valence-corrected chi connectivity index (χ1v) is 16.8. The van der Waals surface area contributed by atoms with E-state index in [4.69, 9.17) is 14.6 Å². The summed E-state index contributed by atoms with van der Waals surface area (Å²) in [7, 11) is 1.55. The van der Waals surface area contributed by atoms with Crippen molar-refractivity contribution in [1.29, 1.82) is 0 Å². The first-order chi connectivity index (χ1) is 23.3. The van der Waals surface area contributed by atoms with Gasteiger partial charge in [-0.25, -0.2) is 14.5 Å². The van der Waals surface area contributed by atoms with Crippen LogP contribution in [0.25, 0.3) is 16.5 Å². The number of ether oxygens (including phenoxy) is 2. The molecule has 0 saturated carbocycles. The molecule has 0 aliphatic heterocycles. The molecule has 0 aliphatic carbocycles. The van der Waals surface area contributed by atoms with Gasteiger partial charge in [0, 0.05) is 35.9 Å². The summed E-state index contributed by atoms with van der Waals surface area (Å²) in [6.07, 6.45) is 3.45. The van der Waals surface area contributed by atoms with Gasteiger partial charge in [-0.2, -0.15) is 5.10 Å². The highest BCUT2D eigenvalue weighted by Crippen LogP contribution is 2.32. The van der Waals surface area contributed by atoms with E-state index >= 15 is 0 Å². The molecule has 0 aliphatic rings. The van der Waals surface area contributed by atoms with Crippen LogP contribution in [0.1, 0.15) is 50.9 Å². The van der Waals surface area contributed by atoms with E-state index in [1.54, 1.807) is 30.0 Å². The summed E-state index contributed by atoms with van der Waals surface area (Å²) < 4.78 is 12.1. The lowest BCUT2D eigenvalue weighted by molar-refractivity contribution is -0.121. The molecular formula is C36H37IN6O5. The van der Waals surface area contributed by atoms with E-state index in [9.17, 15) is 14.4 Å². The van der Waals surface area contributed by atoms with Crippen LogP contribution in [0.15, 0.2) is 85.1 Å². The summed E-state index contributed by atoms with van der Waals surface area (Å²) in [5.74, 6) is 0.126. The molecule has 2 aromatic heterocycles. The predicted molar refractivity (Wildman–Crippen MR) is 196 cm³/mol. The number of anilines is 3. The maximum Gasteiger partial charge on any atom is 0.324 e. The van der Waals surface area contributed by atoms with Gasteiger partial charge >= 0.3 is 6.03 Å². The Hall–Kier alpha value is -4.66. The molecule has 1 unspecified atom stereocenters. The Morgan fingerprint density at radius 3 is 2.44 bits per heavy atom. The van der Waals surface area contributed by atoms with Gasteiger partial charge in [0.15, 0.2) is 5.78 Å². The van der Waals surface area contributed by atoms with Gasteiger partial charge in [-0.1, -0.05) is 77.9 Å². The smallest absolute Gasteiger partial charge is 0.324 e. The fourth-order valence-electron chi connectivity index (χ4n) is 5.08. The molecule has 48 heavy (non-hydrogen) atoms. The van der Waals surface area contributed by atoms with Crippen molar-refractivity contribution in [3.63, 3.8) is 0 Å². The highest BCUT2D eigenvalue weighted by atomic mass is 127. The van der Waals surface area contributed by atoms with E-state index in [0.717, 1.165) is 29.8 Å². The molecule has 0 spiro atoms. The lowest BCUT2D eigenvalue weighted by Gasteiger charge is -2.14. The van der Waals surface area contributed by atoms with Gasteiger partial charge in [0.05, 0.1) is 34.2 Å².